The average Bonchev–Trinajstić information content (AvgIpc) is 3.08. The number of carbonyl (C=O) groups is 4. The van der Waals surface area contributed by atoms with Gasteiger partial charge in [-0.15, -0.1) is 11.8 Å². The van der Waals surface area contributed by atoms with E-state index in [0.717, 1.165) is 4.90 Å². The summed E-state index contributed by atoms with van der Waals surface area (Å²) in [5, 5.41) is 7.96. The number of benzene rings is 4. The van der Waals surface area contributed by atoms with Crippen molar-refractivity contribution in [1.29, 1.82) is 0 Å². The van der Waals surface area contributed by atoms with E-state index >= 15 is 0 Å². The first-order valence-corrected chi connectivity index (χ1v) is 15.6. The molecule has 3 N–H and O–H groups in total. The zero-order valence-corrected chi connectivity index (χ0v) is 26.6. The molecular formula is C36H35N3O6S. The number of anilines is 2. The Bertz CT molecular complexity index is 1710. The number of para-hydroxylation sites is 1. The van der Waals surface area contributed by atoms with Crippen LogP contribution in [0.5, 0.6) is 5.75 Å². The van der Waals surface area contributed by atoms with E-state index in [1.165, 1.54) is 18.9 Å². The van der Waals surface area contributed by atoms with Crippen molar-refractivity contribution in [3.8, 4) is 5.75 Å². The Hall–Kier alpha value is -5.35. The van der Waals surface area contributed by atoms with Crippen LogP contribution in [0.4, 0.5) is 11.4 Å². The maximum atomic E-state index is 13.5. The van der Waals surface area contributed by atoms with Gasteiger partial charge in [-0.25, -0.2) is 4.79 Å². The Morgan fingerprint density at radius 2 is 1.54 bits per heavy atom. The van der Waals surface area contributed by atoms with Crippen LogP contribution in [-0.2, 0) is 14.3 Å². The molecule has 4 aromatic rings. The van der Waals surface area contributed by atoms with Gasteiger partial charge in [-0.1, -0.05) is 55.5 Å². The van der Waals surface area contributed by atoms with Crippen molar-refractivity contribution in [2.45, 2.75) is 30.4 Å². The van der Waals surface area contributed by atoms with Crippen molar-refractivity contribution < 1.29 is 28.7 Å². The molecule has 0 fully saturated rings. The molecule has 4 rings (SSSR count). The summed E-state index contributed by atoms with van der Waals surface area (Å²) in [6.45, 7) is 4.32. The molecule has 9 nitrogen and oxygen atoms in total. The van der Waals surface area contributed by atoms with Crippen molar-refractivity contribution >= 4 is 52.9 Å². The Balaban J connectivity index is 1.51. The fourth-order valence-corrected chi connectivity index (χ4v) is 5.37. The first-order chi connectivity index (χ1) is 22.3. The first-order valence-electron chi connectivity index (χ1n) is 14.7. The van der Waals surface area contributed by atoms with Crippen LogP contribution in [0, 0.1) is 0 Å². The summed E-state index contributed by atoms with van der Waals surface area (Å²) < 4.78 is 10.3. The molecule has 1 unspecified atom stereocenters. The first kappa shape index (κ1) is 33.5. The minimum atomic E-state index is -0.545. The highest BCUT2D eigenvalue weighted by atomic mass is 32.2. The highest BCUT2D eigenvalue weighted by Crippen LogP contribution is 2.29. The SMILES string of the molecule is CCOc1ccc(/C=C(/NC(=O)c2ccccc2)C(=O)Nc2cccc(SC(CC)C(=O)Nc3ccccc3C(=O)OC)c2)cc1. The Labute approximate surface area is 272 Å². The number of carbonyl (C=O) groups excluding carboxylic acids is 4. The van der Waals surface area contributed by atoms with Crippen LogP contribution in [0.1, 0.15) is 46.5 Å². The Kier molecular flexibility index (Phi) is 12.1. The molecule has 46 heavy (non-hydrogen) atoms. The van der Waals surface area contributed by atoms with Crippen LogP contribution in [-0.4, -0.2) is 42.7 Å². The molecule has 236 valence electrons. The lowest BCUT2D eigenvalue weighted by molar-refractivity contribution is -0.116. The highest BCUT2D eigenvalue weighted by Gasteiger charge is 2.21. The van der Waals surface area contributed by atoms with E-state index in [0.29, 0.717) is 41.3 Å². The van der Waals surface area contributed by atoms with Crippen LogP contribution in [0.25, 0.3) is 6.08 Å². The molecule has 0 aliphatic rings. The maximum absolute atomic E-state index is 13.5. The summed E-state index contributed by atoms with van der Waals surface area (Å²) in [6.07, 6.45) is 2.10. The summed E-state index contributed by atoms with van der Waals surface area (Å²) in [5.74, 6) is -1.08. The highest BCUT2D eigenvalue weighted by molar-refractivity contribution is 8.00. The number of thioether (sulfide) groups is 1. The third kappa shape index (κ3) is 9.33. The van der Waals surface area contributed by atoms with Gasteiger partial charge in [-0.05, 0) is 79.6 Å². The number of ether oxygens (including phenoxy) is 2. The lowest BCUT2D eigenvalue weighted by atomic mass is 10.1. The molecule has 0 bridgehead atoms. The van der Waals surface area contributed by atoms with Crippen molar-refractivity contribution in [2.24, 2.45) is 0 Å². The number of methoxy groups -OCH3 is 1. The predicted molar refractivity (Wildman–Crippen MR) is 181 cm³/mol. The van der Waals surface area contributed by atoms with Crippen molar-refractivity contribution in [3.63, 3.8) is 0 Å². The van der Waals surface area contributed by atoms with E-state index in [-0.39, 0.29) is 17.2 Å². The fraction of sp³-hybridized carbons (Fsp3) is 0.167. The summed E-state index contributed by atoms with van der Waals surface area (Å²) in [6, 6.07) is 29.5. The standard InChI is InChI=1S/C36H35N3O6S/c1-4-32(35(42)38-30-17-10-9-16-29(30)36(43)44-3)46-28-15-11-14-26(23-28)37-34(41)31(39-33(40)25-12-7-6-8-13-25)22-24-18-20-27(21-19-24)45-5-2/h6-23,32H,4-5H2,1-3H3,(H,37,41)(H,38,42)(H,39,40)/b31-22+. The normalized spacial score (nSPS) is 11.6. The van der Waals surface area contributed by atoms with Crippen LogP contribution < -0.4 is 20.7 Å². The van der Waals surface area contributed by atoms with Crippen molar-refractivity contribution in [1.82, 2.24) is 5.32 Å². The van der Waals surface area contributed by atoms with Gasteiger partial charge >= 0.3 is 5.97 Å². The van der Waals surface area contributed by atoms with E-state index < -0.39 is 23.0 Å². The number of nitrogens with one attached hydrogen (secondary N) is 3. The van der Waals surface area contributed by atoms with Gasteiger partial charge in [0, 0.05) is 16.1 Å². The molecule has 3 amide bonds. The average molecular weight is 638 g/mol. The second-order valence-electron chi connectivity index (χ2n) is 9.90. The monoisotopic (exact) mass is 637 g/mol. The van der Waals surface area contributed by atoms with Crippen LogP contribution in [0.15, 0.2) is 114 Å². The summed E-state index contributed by atoms with van der Waals surface area (Å²) in [5.41, 5.74) is 2.25. The third-order valence-corrected chi connectivity index (χ3v) is 8.01. The van der Waals surface area contributed by atoms with E-state index in [1.54, 1.807) is 103 Å². The van der Waals surface area contributed by atoms with Gasteiger partial charge in [0.1, 0.15) is 11.4 Å². The molecule has 0 heterocycles. The molecule has 0 spiro atoms. The summed E-state index contributed by atoms with van der Waals surface area (Å²) in [4.78, 5) is 52.6. The van der Waals surface area contributed by atoms with Crippen LogP contribution in [0.3, 0.4) is 0 Å². The number of amides is 3. The van der Waals surface area contributed by atoms with E-state index in [9.17, 15) is 19.2 Å². The lowest BCUT2D eigenvalue weighted by Gasteiger charge is -2.17. The topological polar surface area (TPSA) is 123 Å². The molecule has 0 saturated carbocycles. The zero-order valence-electron chi connectivity index (χ0n) is 25.7. The van der Waals surface area contributed by atoms with Gasteiger partial charge in [0.2, 0.25) is 5.91 Å². The maximum Gasteiger partial charge on any atom is 0.339 e. The molecular weight excluding hydrogens is 602 g/mol. The fourth-order valence-electron chi connectivity index (χ4n) is 4.36. The predicted octanol–water partition coefficient (Wildman–Crippen LogP) is 6.79. The minimum absolute atomic E-state index is 0.0474. The molecule has 0 saturated heterocycles. The molecule has 1 atom stereocenters. The summed E-state index contributed by atoms with van der Waals surface area (Å²) >= 11 is 1.33. The number of hydrogen-bond acceptors (Lipinski definition) is 7. The van der Waals surface area contributed by atoms with Crippen molar-refractivity contribution in [2.75, 3.05) is 24.4 Å². The quantitative estimate of drug-likeness (QED) is 0.0838. The molecule has 0 aliphatic carbocycles. The molecule has 4 aromatic carbocycles. The van der Waals surface area contributed by atoms with Gasteiger partial charge in [0.05, 0.1) is 30.2 Å². The summed E-state index contributed by atoms with van der Waals surface area (Å²) in [7, 11) is 1.29. The van der Waals surface area contributed by atoms with Gasteiger partial charge in [0.15, 0.2) is 0 Å². The van der Waals surface area contributed by atoms with Crippen molar-refractivity contribution in [3.05, 3.63) is 126 Å². The van der Waals surface area contributed by atoms with Gasteiger partial charge in [0.25, 0.3) is 11.8 Å². The molecule has 0 aromatic heterocycles. The largest absolute Gasteiger partial charge is 0.494 e. The smallest absolute Gasteiger partial charge is 0.339 e. The van der Waals surface area contributed by atoms with Gasteiger partial charge < -0.3 is 25.4 Å². The number of rotatable bonds is 13. The van der Waals surface area contributed by atoms with Gasteiger partial charge in [-0.2, -0.15) is 0 Å². The Morgan fingerprint density at radius 1 is 0.826 bits per heavy atom. The Morgan fingerprint density at radius 3 is 2.24 bits per heavy atom. The molecule has 0 radical (unpaired) electrons. The van der Waals surface area contributed by atoms with Crippen LogP contribution >= 0.6 is 11.8 Å². The second-order valence-corrected chi connectivity index (χ2v) is 11.2. The third-order valence-electron chi connectivity index (χ3n) is 6.65. The second kappa shape index (κ2) is 16.6. The minimum Gasteiger partial charge on any atom is -0.494 e. The van der Waals surface area contributed by atoms with E-state index in [1.807, 2.05) is 19.9 Å². The van der Waals surface area contributed by atoms with Crippen LogP contribution in [0.2, 0.25) is 0 Å². The van der Waals surface area contributed by atoms with Gasteiger partial charge in [-0.3, -0.25) is 14.4 Å². The lowest BCUT2D eigenvalue weighted by Crippen LogP contribution is -2.30. The van der Waals surface area contributed by atoms with E-state index in [4.69, 9.17) is 9.47 Å². The zero-order chi connectivity index (χ0) is 32.9. The molecule has 0 aliphatic heterocycles. The number of hydrogen-bond donors (Lipinski definition) is 3. The molecule has 10 heteroatoms. The number of esters is 1. The van der Waals surface area contributed by atoms with E-state index in [2.05, 4.69) is 16.0 Å².